The number of ether oxygens (including phenoxy) is 1. The minimum atomic E-state index is 0.0521. The molecule has 0 saturated heterocycles. The SMILES string of the molecule is CCCNCC(C)CCCC(C)(C)OC. The quantitative estimate of drug-likeness (QED) is 0.596. The first-order chi connectivity index (χ1) is 7.02. The molecular formula is C13H29NO. The van der Waals surface area contributed by atoms with Crippen molar-refractivity contribution in [1.82, 2.24) is 5.32 Å². The minimum Gasteiger partial charge on any atom is -0.379 e. The van der Waals surface area contributed by atoms with E-state index in [4.69, 9.17) is 4.74 Å². The lowest BCUT2D eigenvalue weighted by atomic mass is 9.96. The summed E-state index contributed by atoms with van der Waals surface area (Å²) in [5, 5.41) is 3.47. The molecule has 0 aliphatic rings. The van der Waals surface area contributed by atoms with Crippen molar-refractivity contribution in [3.05, 3.63) is 0 Å². The van der Waals surface area contributed by atoms with Crippen LogP contribution in [0.4, 0.5) is 0 Å². The number of methoxy groups -OCH3 is 1. The molecule has 15 heavy (non-hydrogen) atoms. The highest BCUT2D eigenvalue weighted by Gasteiger charge is 2.15. The van der Waals surface area contributed by atoms with Gasteiger partial charge in [0.15, 0.2) is 0 Å². The van der Waals surface area contributed by atoms with Crippen molar-refractivity contribution in [3.63, 3.8) is 0 Å². The Labute approximate surface area is 95.8 Å². The molecule has 1 unspecified atom stereocenters. The van der Waals surface area contributed by atoms with Crippen LogP contribution in [0.25, 0.3) is 0 Å². The Morgan fingerprint density at radius 2 is 2.00 bits per heavy atom. The summed E-state index contributed by atoms with van der Waals surface area (Å²) in [6.07, 6.45) is 4.93. The van der Waals surface area contributed by atoms with E-state index in [9.17, 15) is 0 Å². The third-order valence-electron chi connectivity index (χ3n) is 2.95. The molecule has 0 spiro atoms. The largest absolute Gasteiger partial charge is 0.379 e. The second kappa shape index (κ2) is 8.12. The number of nitrogens with one attached hydrogen (secondary N) is 1. The van der Waals surface area contributed by atoms with E-state index < -0.39 is 0 Å². The molecule has 0 radical (unpaired) electrons. The molecule has 92 valence electrons. The normalized spacial score (nSPS) is 14.2. The van der Waals surface area contributed by atoms with Gasteiger partial charge in [0.1, 0.15) is 0 Å². The zero-order valence-corrected chi connectivity index (χ0v) is 11.2. The van der Waals surface area contributed by atoms with Gasteiger partial charge < -0.3 is 10.1 Å². The Morgan fingerprint density at radius 3 is 2.53 bits per heavy atom. The molecule has 2 heteroatoms. The van der Waals surface area contributed by atoms with Crippen LogP contribution >= 0.6 is 0 Å². The van der Waals surface area contributed by atoms with Crippen molar-refractivity contribution in [1.29, 1.82) is 0 Å². The van der Waals surface area contributed by atoms with Crippen molar-refractivity contribution in [2.24, 2.45) is 5.92 Å². The Morgan fingerprint density at radius 1 is 1.33 bits per heavy atom. The molecule has 2 nitrogen and oxygen atoms in total. The molecular weight excluding hydrogens is 186 g/mol. The van der Waals surface area contributed by atoms with E-state index in [-0.39, 0.29) is 5.60 Å². The predicted octanol–water partition coefficient (Wildman–Crippen LogP) is 3.22. The number of rotatable bonds is 9. The van der Waals surface area contributed by atoms with Gasteiger partial charge in [0, 0.05) is 7.11 Å². The topological polar surface area (TPSA) is 21.3 Å². The van der Waals surface area contributed by atoms with Gasteiger partial charge in [-0.15, -0.1) is 0 Å². The smallest absolute Gasteiger partial charge is 0.0622 e. The van der Waals surface area contributed by atoms with Crippen molar-refractivity contribution in [2.75, 3.05) is 20.2 Å². The van der Waals surface area contributed by atoms with Gasteiger partial charge in [-0.25, -0.2) is 0 Å². The van der Waals surface area contributed by atoms with E-state index in [1.807, 2.05) is 0 Å². The second-order valence-corrected chi connectivity index (χ2v) is 5.17. The van der Waals surface area contributed by atoms with Gasteiger partial charge in [-0.2, -0.15) is 0 Å². The molecule has 0 amide bonds. The van der Waals surface area contributed by atoms with E-state index in [0.717, 1.165) is 25.4 Å². The molecule has 0 bridgehead atoms. The molecule has 1 N–H and O–H groups in total. The van der Waals surface area contributed by atoms with Crippen LogP contribution in [0.15, 0.2) is 0 Å². The van der Waals surface area contributed by atoms with E-state index in [1.165, 1.54) is 19.3 Å². The first-order valence-corrected chi connectivity index (χ1v) is 6.27. The standard InChI is InChI=1S/C13H29NO/c1-6-10-14-11-12(2)8-7-9-13(3,4)15-5/h12,14H,6-11H2,1-5H3. The highest BCUT2D eigenvalue weighted by atomic mass is 16.5. The van der Waals surface area contributed by atoms with Crippen molar-refractivity contribution in [3.8, 4) is 0 Å². The molecule has 0 aromatic carbocycles. The maximum atomic E-state index is 5.40. The molecule has 0 aromatic rings. The third-order valence-corrected chi connectivity index (χ3v) is 2.95. The second-order valence-electron chi connectivity index (χ2n) is 5.17. The van der Waals surface area contributed by atoms with Gasteiger partial charge in [-0.05, 0) is 52.1 Å². The lowest BCUT2D eigenvalue weighted by Gasteiger charge is -2.23. The van der Waals surface area contributed by atoms with Gasteiger partial charge in [0.25, 0.3) is 0 Å². The number of hydrogen-bond acceptors (Lipinski definition) is 2. The van der Waals surface area contributed by atoms with Crippen molar-refractivity contribution >= 4 is 0 Å². The molecule has 0 fully saturated rings. The maximum absolute atomic E-state index is 5.40. The summed E-state index contributed by atoms with van der Waals surface area (Å²) < 4.78 is 5.40. The van der Waals surface area contributed by atoms with Gasteiger partial charge in [-0.1, -0.05) is 20.3 Å². The van der Waals surface area contributed by atoms with Crippen LogP contribution in [0.1, 0.15) is 53.4 Å². The molecule has 0 aliphatic carbocycles. The number of hydrogen-bond donors (Lipinski definition) is 1. The molecule has 0 aromatic heterocycles. The van der Waals surface area contributed by atoms with Gasteiger partial charge in [0.2, 0.25) is 0 Å². The fourth-order valence-electron chi connectivity index (χ4n) is 1.61. The zero-order valence-electron chi connectivity index (χ0n) is 11.2. The van der Waals surface area contributed by atoms with Crippen LogP contribution in [-0.4, -0.2) is 25.8 Å². The lowest BCUT2D eigenvalue weighted by Crippen LogP contribution is -2.24. The highest BCUT2D eigenvalue weighted by Crippen LogP contribution is 2.18. The summed E-state index contributed by atoms with van der Waals surface area (Å²) in [7, 11) is 1.80. The minimum absolute atomic E-state index is 0.0521. The third kappa shape index (κ3) is 8.88. The molecule has 0 aliphatic heterocycles. The fourth-order valence-corrected chi connectivity index (χ4v) is 1.61. The Hall–Kier alpha value is -0.0800. The van der Waals surface area contributed by atoms with E-state index >= 15 is 0 Å². The fraction of sp³-hybridized carbons (Fsp3) is 1.00. The first kappa shape index (κ1) is 14.9. The zero-order chi connectivity index (χ0) is 11.7. The average molecular weight is 215 g/mol. The lowest BCUT2D eigenvalue weighted by molar-refractivity contribution is 0.0128. The molecule has 0 rings (SSSR count). The van der Waals surface area contributed by atoms with Crippen LogP contribution in [-0.2, 0) is 4.74 Å². The Balaban J connectivity index is 3.42. The molecule has 0 heterocycles. The van der Waals surface area contributed by atoms with E-state index in [0.29, 0.717) is 0 Å². The summed E-state index contributed by atoms with van der Waals surface area (Å²) in [4.78, 5) is 0. The molecule has 1 atom stereocenters. The monoisotopic (exact) mass is 215 g/mol. The first-order valence-electron chi connectivity index (χ1n) is 6.27. The summed E-state index contributed by atoms with van der Waals surface area (Å²) in [5.41, 5.74) is 0.0521. The van der Waals surface area contributed by atoms with Crippen LogP contribution in [0.2, 0.25) is 0 Å². The van der Waals surface area contributed by atoms with Gasteiger partial charge >= 0.3 is 0 Å². The van der Waals surface area contributed by atoms with Crippen LogP contribution in [0.5, 0.6) is 0 Å². The maximum Gasteiger partial charge on any atom is 0.0622 e. The van der Waals surface area contributed by atoms with Crippen LogP contribution in [0.3, 0.4) is 0 Å². The average Bonchev–Trinajstić information content (AvgIpc) is 2.18. The van der Waals surface area contributed by atoms with E-state index in [1.54, 1.807) is 7.11 Å². The highest BCUT2D eigenvalue weighted by molar-refractivity contribution is 4.68. The predicted molar refractivity (Wildman–Crippen MR) is 67.3 cm³/mol. The van der Waals surface area contributed by atoms with Crippen molar-refractivity contribution in [2.45, 2.75) is 59.0 Å². The van der Waals surface area contributed by atoms with Crippen LogP contribution < -0.4 is 5.32 Å². The van der Waals surface area contributed by atoms with Gasteiger partial charge in [0.05, 0.1) is 5.60 Å². The van der Waals surface area contributed by atoms with Crippen molar-refractivity contribution < 1.29 is 4.74 Å². The summed E-state index contributed by atoms with van der Waals surface area (Å²) in [6, 6.07) is 0. The summed E-state index contributed by atoms with van der Waals surface area (Å²) >= 11 is 0. The summed E-state index contributed by atoms with van der Waals surface area (Å²) in [6.45, 7) is 11.1. The van der Waals surface area contributed by atoms with E-state index in [2.05, 4.69) is 33.0 Å². The Kier molecular flexibility index (Phi) is 8.07. The molecule has 0 saturated carbocycles. The van der Waals surface area contributed by atoms with Crippen LogP contribution in [0, 0.1) is 5.92 Å². The Bertz CT molecular complexity index is 145. The summed E-state index contributed by atoms with van der Waals surface area (Å²) in [5.74, 6) is 0.782. The van der Waals surface area contributed by atoms with Gasteiger partial charge in [-0.3, -0.25) is 0 Å².